The minimum absolute atomic E-state index is 0.0187. The summed E-state index contributed by atoms with van der Waals surface area (Å²) in [5.41, 5.74) is 1.16. The number of hydrogen-bond acceptors (Lipinski definition) is 1. The molecule has 0 unspecified atom stereocenters. The van der Waals surface area contributed by atoms with E-state index in [-0.39, 0.29) is 5.54 Å². The molecule has 80 valence electrons. The SMILES string of the molecule is C=CCC(C)(CC=C)Nc1ccccc1. The van der Waals surface area contributed by atoms with Gasteiger partial charge in [0.1, 0.15) is 0 Å². The molecule has 15 heavy (non-hydrogen) atoms. The summed E-state index contributed by atoms with van der Waals surface area (Å²) in [6.07, 6.45) is 5.74. The van der Waals surface area contributed by atoms with Gasteiger partial charge in [-0.1, -0.05) is 30.4 Å². The van der Waals surface area contributed by atoms with Gasteiger partial charge in [0.2, 0.25) is 0 Å². The molecule has 0 aliphatic rings. The number of nitrogens with one attached hydrogen (secondary N) is 1. The molecular weight excluding hydrogens is 182 g/mol. The summed E-state index contributed by atoms with van der Waals surface area (Å²) in [7, 11) is 0. The fraction of sp³-hybridized carbons (Fsp3) is 0.286. The van der Waals surface area contributed by atoms with Gasteiger partial charge in [0.15, 0.2) is 0 Å². The molecule has 0 aliphatic carbocycles. The molecule has 0 aromatic heterocycles. The van der Waals surface area contributed by atoms with Crippen LogP contribution in [0.25, 0.3) is 0 Å². The number of hydrogen-bond donors (Lipinski definition) is 1. The summed E-state index contributed by atoms with van der Waals surface area (Å²) in [4.78, 5) is 0. The molecule has 0 spiro atoms. The quantitative estimate of drug-likeness (QED) is 0.686. The predicted octanol–water partition coefficient (Wildman–Crippen LogP) is 4.01. The minimum atomic E-state index is 0.0187. The summed E-state index contributed by atoms with van der Waals surface area (Å²) in [6.45, 7) is 9.77. The van der Waals surface area contributed by atoms with Crippen LogP contribution in [0.4, 0.5) is 5.69 Å². The van der Waals surface area contributed by atoms with Crippen molar-refractivity contribution in [3.05, 3.63) is 55.6 Å². The maximum absolute atomic E-state index is 3.80. The van der Waals surface area contributed by atoms with E-state index in [4.69, 9.17) is 0 Å². The van der Waals surface area contributed by atoms with Crippen molar-refractivity contribution in [1.82, 2.24) is 0 Å². The zero-order valence-corrected chi connectivity index (χ0v) is 9.37. The Bertz CT molecular complexity index is 303. The molecule has 0 atom stereocenters. The Balaban J connectivity index is 2.74. The minimum Gasteiger partial charge on any atom is -0.379 e. The maximum Gasteiger partial charge on any atom is 0.0414 e. The fourth-order valence-corrected chi connectivity index (χ4v) is 1.69. The van der Waals surface area contributed by atoms with Crippen LogP contribution in [0.2, 0.25) is 0 Å². The first-order valence-corrected chi connectivity index (χ1v) is 5.25. The summed E-state index contributed by atoms with van der Waals surface area (Å²) in [6, 6.07) is 10.2. The van der Waals surface area contributed by atoms with Crippen molar-refractivity contribution in [3.63, 3.8) is 0 Å². The molecule has 0 heterocycles. The van der Waals surface area contributed by atoms with Crippen molar-refractivity contribution in [3.8, 4) is 0 Å². The van der Waals surface area contributed by atoms with Gasteiger partial charge in [-0.15, -0.1) is 13.2 Å². The highest BCUT2D eigenvalue weighted by molar-refractivity contribution is 5.45. The lowest BCUT2D eigenvalue weighted by Crippen LogP contribution is -2.33. The van der Waals surface area contributed by atoms with E-state index in [1.54, 1.807) is 0 Å². The van der Waals surface area contributed by atoms with Crippen LogP contribution in [0.3, 0.4) is 0 Å². The van der Waals surface area contributed by atoms with Crippen LogP contribution < -0.4 is 5.32 Å². The largest absolute Gasteiger partial charge is 0.379 e. The van der Waals surface area contributed by atoms with E-state index in [2.05, 4.69) is 37.5 Å². The van der Waals surface area contributed by atoms with Crippen molar-refractivity contribution in [2.45, 2.75) is 25.3 Å². The van der Waals surface area contributed by atoms with E-state index < -0.39 is 0 Å². The molecule has 0 radical (unpaired) electrons. The second-order valence-corrected chi connectivity index (χ2v) is 4.04. The van der Waals surface area contributed by atoms with E-state index in [0.717, 1.165) is 18.5 Å². The third kappa shape index (κ3) is 3.62. The van der Waals surface area contributed by atoms with Gasteiger partial charge in [0, 0.05) is 11.2 Å². The molecule has 0 amide bonds. The Morgan fingerprint density at radius 2 is 1.67 bits per heavy atom. The van der Waals surface area contributed by atoms with Crippen LogP contribution in [0.5, 0.6) is 0 Å². The summed E-state index contributed by atoms with van der Waals surface area (Å²) in [5, 5.41) is 3.51. The fourth-order valence-electron chi connectivity index (χ4n) is 1.69. The lowest BCUT2D eigenvalue weighted by molar-refractivity contribution is 0.527. The standard InChI is InChI=1S/C14H19N/c1-4-11-14(3,12-5-2)15-13-9-7-6-8-10-13/h4-10,15H,1-2,11-12H2,3H3. The molecular formula is C14H19N. The maximum atomic E-state index is 3.80. The Morgan fingerprint density at radius 3 is 2.13 bits per heavy atom. The van der Waals surface area contributed by atoms with Crippen LogP contribution in [0.1, 0.15) is 19.8 Å². The Hall–Kier alpha value is -1.50. The van der Waals surface area contributed by atoms with Gasteiger partial charge in [-0.3, -0.25) is 0 Å². The third-order valence-electron chi connectivity index (χ3n) is 2.41. The van der Waals surface area contributed by atoms with Crippen LogP contribution in [-0.4, -0.2) is 5.54 Å². The van der Waals surface area contributed by atoms with Crippen molar-refractivity contribution in [2.75, 3.05) is 5.32 Å². The summed E-state index contributed by atoms with van der Waals surface area (Å²) >= 11 is 0. The van der Waals surface area contributed by atoms with Crippen molar-refractivity contribution in [2.24, 2.45) is 0 Å². The average Bonchev–Trinajstić information content (AvgIpc) is 2.19. The van der Waals surface area contributed by atoms with Gasteiger partial charge in [-0.2, -0.15) is 0 Å². The second kappa shape index (κ2) is 5.40. The van der Waals surface area contributed by atoms with Gasteiger partial charge >= 0.3 is 0 Å². The molecule has 1 heteroatoms. The molecule has 0 bridgehead atoms. The van der Waals surface area contributed by atoms with Crippen LogP contribution in [0, 0.1) is 0 Å². The molecule has 1 aromatic carbocycles. The molecule has 1 nitrogen and oxygen atoms in total. The van der Waals surface area contributed by atoms with Gasteiger partial charge < -0.3 is 5.32 Å². The van der Waals surface area contributed by atoms with Gasteiger partial charge in [0.05, 0.1) is 0 Å². The second-order valence-electron chi connectivity index (χ2n) is 4.04. The highest BCUT2D eigenvalue weighted by Crippen LogP contribution is 2.22. The van der Waals surface area contributed by atoms with Crippen LogP contribution >= 0.6 is 0 Å². The summed E-state index contributed by atoms with van der Waals surface area (Å²) < 4.78 is 0. The summed E-state index contributed by atoms with van der Waals surface area (Å²) in [5.74, 6) is 0. The number of benzene rings is 1. The Kier molecular flexibility index (Phi) is 4.17. The number of rotatable bonds is 6. The topological polar surface area (TPSA) is 12.0 Å². The van der Waals surface area contributed by atoms with E-state index in [1.807, 2.05) is 30.4 Å². The van der Waals surface area contributed by atoms with E-state index >= 15 is 0 Å². The monoisotopic (exact) mass is 201 g/mol. The third-order valence-corrected chi connectivity index (χ3v) is 2.41. The average molecular weight is 201 g/mol. The number of anilines is 1. The number of para-hydroxylation sites is 1. The Labute approximate surface area is 92.5 Å². The first-order chi connectivity index (χ1) is 7.20. The van der Waals surface area contributed by atoms with E-state index in [1.165, 1.54) is 0 Å². The first-order valence-electron chi connectivity index (χ1n) is 5.25. The molecule has 0 saturated carbocycles. The highest BCUT2D eigenvalue weighted by atomic mass is 15.0. The smallest absolute Gasteiger partial charge is 0.0414 e. The molecule has 0 fully saturated rings. The van der Waals surface area contributed by atoms with Crippen molar-refractivity contribution >= 4 is 5.69 Å². The van der Waals surface area contributed by atoms with E-state index in [9.17, 15) is 0 Å². The lowest BCUT2D eigenvalue weighted by Gasteiger charge is -2.30. The molecule has 1 rings (SSSR count). The zero-order valence-electron chi connectivity index (χ0n) is 9.37. The van der Waals surface area contributed by atoms with Crippen LogP contribution in [0.15, 0.2) is 55.6 Å². The van der Waals surface area contributed by atoms with Gasteiger partial charge in [-0.05, 0) is 31.9 Å². The molecule has 0 saturated heterocycles. The normalized spacial score (nSPS) is 10.7. The molecule has 0 aliphatic heterocycles. The molecule has 1 N–H and O–H groups in total. The lowest BCUT2D eigenvalue weighted by atomic mass is 9.93. The zero-order chi connectivity index (χ0) is 11.1. The predicted molar refractivity (Wildman–Crippen MR) is 68.1 cm³/mol. The van der Waals surface area contributed by atoms with Crippen LogP contribution in [-0.2, 0) is 0 Å². The highest BCUT2D eigenvalue weighted by Gasteiger charge is 2.20. The van der Waals surface area contributed by atoms with Gasteiger partial charge in [-0.25, -0.2) is 0 Å². The first kappa shape index (κ1) is 11.6. The van der Waals surface area contributed by atoms with E-state index in [0.29, 0.717) is 0 Å². The Morgan fingerprint density at radius 1 is 1.13 bits per heavy atom. The molecule has 1 aromatic rings. The van der Waals surface area contributed by atoms with Gasteiger partial charge in [0.25, 0.3) is 0 Å². The van der Waals surface area contributed by atoms with Crippen molar-refractivity contribution in [1.29, 1.82) is 0 Å². The van der Waals surface area contributed by atoms with Crippen molar-refractivity contribution < 1.29 is 0 Å².